The Kier molecular flexibility index (Phi) is 47.7. The first-order valence-electron chi connectivity index (χ1n) is 29.9. The molecule has 1 aliphatic heterocycles. The first-order chi connectivity index (χ1) is 35.2. The summed E-state index contributed by atoms with van der Waals surface area (Å²) in [6.07, 6.45) is 53.5. The van der Waals surface area contributed by atoms with Gasteiger partial charge >= 0.3 is 5.97 Å². The molecule has 0 radical (unpaired) electrons. The molecule has 0 saturated carbocycles. The van der Waals surface area contributed by atoms with Gasteiger partial charge in [0.2, 0.25) is 5.91 Å². The molecule has 0 aromatic heterocycles. The van der Waals surface area contributed by atoms with Crippen LogP contribution in [0.5, 0.6) is 0 Å². The fourth-order valence-electron chi connectivity index (χ4n) is 9.11. The Morgan fingerprint density at radius 3 is 1.43 bits per heavy atom. The van der Waals surface area contributed by atoms with Crippen LogP contribution in [-0.4, -0.2) is 100 Å². The van der Waals surface area contributed by atoms with Crippen molar-refractivity contribution in [1.82, 2.24) is 5.32 Å². The quantitative estimate of drug-likeness (QED) is 0.0195. The highest BCUT2D eigenvalue weighted by molar-refractivity contribution is 5.76. The monoisotopic (exact) mass is 1020 g/mol. The molecule has 1 heterocycles. The molecule has 7 unspecified atom stereocenters. The summed E-state index contributed by atoms with van der Waals surface area (Å²) in [6, 6.07) is -0.818. The zero-order chi connectivity index (χ0) is 52.4. The standard InChI is InChI=1S/C61H111NO10/c1-3-5-7-9-11-13-14-15-16-17-20-23-26-29-33-37-41-45-49-57(66)70-50-46-42-38-34-30-27-24-21-18-19-22-25-28-32-36-40-44-48-56(65)62-53(54(64)47-43-39-35-31-12-10-8-6-4-2)52-71-61-60(69)59(68)58(67)55(51-63)72-61/h13-14,16-18,21,43,47,53-55,58-61,63-64,67-69H,3-12,15,19-20,22-42,44-46,48-52H2,1-2H3,(H,62,65)/b14-13-,17-16-,21-18-,47-43+. The lowest BCUT2D eigenvalue weighted by molar-refractivity contribution is -0.302. The minimum atomic E-state index is -1.58. The van der Waals surface area contributed by atoms with Gasteiger partial charge in [-0.3, -0.25) is 9.59 Å². The van der Waals surface area contributed by atoms with E-state index in [0.717, 1.165) is 89.9 Å². The van der Waals surface area contributed by atoms with Crippen molar-refractivity contribution in [3.05, 3.63) is 48.6 Å². The van der Waals surface area contributed by atoms with Crippen molar-refractivity contribution in [1.29, 1.82) is 0 Å². The lowest BCUT2D eigenvalue weighted by atomic mass is 9.99. The van der Waals surface area contributed by atoms with E-state index in [-0.39, 0.29) is 18.5 Å². The molecule has 1 fully saturated rings. The van der Waals surface area contributed by atoms with Crippen LogP contribution in [0.1, 0.15) is 264 Å². The van der Waals surface area contributed by atoms with Crippen LogP contribution in [-0.2, 0) is 23.8 Å². The molecule has 0 aromatic carbocycles. The molecule has 1 aliphatic rings. The number of esters is 1. The van der Waals surface area contributed by atoms with Crippen LogP contribution < -0.4 is 5.32 Å². The summed E-state index contributed by atoms with van der Waals surface area (Å²) in [7, 11) is 0. The van der Waals surface area contributed by atoms with Crippen molar-refractivity contribution >= 4 is 11.9 Å². The molecule has 0 spiro atoms. The van der Waals surface area contributed by atoms with E-state index >= 15 is 0 Å². The number of carbonyl (C=O) groups excluding carboxylic acids is 2. The van der Waals surface area contributed by atoms with Crippen LogP contribution in [0.4, 0.5) is 0 Å². The van der Waals surface area contributed by atoms with Gasteiger partial charge in [-0.1, -0.05) is 210 Å². The maximum absolute atomic E-state index is 13.0. The molecule has 1 saturated heterocycles. The molecular formula is C61H111NO10. The summed E-state index contributed by atoms with van der Waals surface area (Å²) in [5.74, 6) is -0.224. The van der Waals surface area contributed by atoms with Gasteiger partial charge in [0.25, 0.3) is 0 Å². The zero-order valence-electron chi connectivity index (χ0n) is 46.1. The Labute approximate surface area is 440 Å². The lowest BCUT2D eigenvalue weighted by Crippen LogP contribution is -2.60. The second kappa shape index (κ2) is 50.8. The first kappa shape index (κ1) is 67.6. The highest BCUT2D eigenvalue weighted by Gasteiger charge is 2.44. The van der Waals surface area contributed by atoms with E-state index in [1.807, 2.05) is 6.08 Å². The largest absolute Gasteiger partial charge is 0.466 e. The first-order valence-corrected chi connectivity index (χ1v) is 29.9. The van der Waals surface area contributed by atoms with E-state index in [1.54, 1.807) is 6.08 Å². The molecule has 420 valence electrons. The van der Waals surface area contributed by atoms with Crippen LogP contribution >= 0.6 is 0 Å². The molecule has 7 atom stereocenters. The van der Waals surface area contributed by atoms with Crippen LogP contribution in [0, 0.1) is 0 Å². The van der Waals surface area contributed by atoms with Crippen LogP contribution in [0.25, 0.3) is 0 Å². The molecule has 1 rings (SSSR count). The lowest BCUT2D eigenvalue weighted by Gasteiger charge is -2.40. The van der Waals surface area contributed by atoms with Gasteiger partial charge < -0.3 is 45.1 Å². The average Bonchev–Trinajstić information content (AvgIpc) is 3.38. The smallest absolute Gasteiger partial charge is 0.305 e. The number of aliphatic hydroxyl groups is 5. The van der Waals surface area contributed by atoms with Crippen LogP contribution in [0.15, 0.2) is 48.6 Å². The molecule has 0 aromatic rings. The number of rotatable bonds is 51. The minimum absolute atomic E-state index is 0.0266. The number of hydrogen-bond acceptors (Lipinski definition) is 10. The third-order valence-electron chi connectivity index (χ3n) is 13.9. The van der Waals surface area contributed by atoms with Crippen molar-refractivity contribution in [3.8, 4) is 0 Å². The molecule has 72 heavy (non-hydrogen) atoms. The number of ether oxygens (including phenoxy) is 3. The molecule has 6 N–H and O–H groups in total. The van der Waals surface area contributed by atoms with E-state index in [4.69, 9.17) is 14.2 Å². The van der Waals surface area contributed by atoms with Crippen molar-refractivity contribution in [2.75, 3.05) is 19.8 Å². The second-order valence-electron chi connectivity index (χ2n) is 20.7. The highest BCUT2D eigenvalue weighted by Crippen LogP contribution is 2.23. The average molecular weight is 1020 g/mol. The summed E-state index contributed by atoms with van der Waals surface area (Å²) < 4.78 is 16.7. The number of carbonyl (C=O) groups is 2. The summed E-state index contributed by atoms with van der Waals surface area (Å²) in [6.45, 7) is 4.26. The predicted molar refractivity (Wildman–Crippen MR) is 297 cm³/mol. The molecule has 11 nitrogen and oxygen atoms in total. The molecule has 11 heteroatoms. The summed E-state index contributed by atoms with van der Waals surface area (Å²) in [5.41, 5.74) is 0. The number of allylic oxidation sites excluding steroid dienone is 7. The number of hydrogen-bond donors (Lipinski definition) is 6. The van der Waals surface area contributed by atoms with Gasteiger partial charge in [-0.05, 0) is 89.9 Å². The Balaban J connectivity index is 2.03. The molecular weight excluding hydrogens is 907 g/mol. The summed E-state index contributed by atoms with van der Waals surface area (Å²) in [4.78, 5) is 25.1. The van der Waals surface area contributed by atoms with Gasteiger partial charge in [0, 0.05) is 12.8 Å². The minimum Gasteiger partial charge on any atom is -0.466 e. The van der Waals surface area contributed by atoms with Crippen molar-refractivity contribution < 1.29 is 49.3 Å². The Morgan fingerprint density at radius 2 is 0.931 bits per heavy atom. The Morgan fingerprint density at radius 1 is 0.514 bits per heavy atom. The van der Waals surface area contributed by atoms with Gasteiger partial charge in [-0.25, -0.2) is 0 Å². The third-order valence-corrected chi connectivity index (χ3v) is 13.9. The summed E-state index contributed by atoms with van der Waals surface area (Å²) >= 11 is 0. The van der Waals surface area contributed by atoms with Crippen molar-refractivity contribution in [2.24, 2.45) is 0 Å². The maximum atomic E-state index is 13.0. The van der Waals surface area contributed by atoms with E-state index in [9.17, 15) is 35.1 Å². The summed E-state index contributed by atoms with van der Waals surface area (Å²) in [5, 5.41) is 54.2. The van der Waals surface area contributed by atoms with Gasteiger partial charge in [0.1, 0.15) is 24.4 Å². The normalized spacial score (nSPS) is 19.3. The van der Waals surface area contributed by atoms with Gasteiger partial charge in [0.15, 0.2) is 6.29 Å². The van der Waals surface area contributed by atoms with Gasteiger partial charge in [-0.2, -0.15) is 0 Å². The zero-order valence-corrected chi connectivity index (χ0v) is 46.1. The number of aliphatic hydroxyl groups excluding tert-OH is 5. The molecule has 0 bridgehead atoms. The topological polar surface area (TPSA) is 175 Å². The third kappa shape index (κ3) is 40.0. The van der Waals surface area contributed by atoms with E-state index < -0.39 is 49.5 Å². The fourth-order valence-corrected chi connectivity index (χ4v) is 9.11. The van der Waals surface area contributed by atoms with E-state index in [2.05, 4.69) is 55.6 Å². The van der Waals surface area contributed by atoms with E-state index in [1.165, 1.54) is 148 Å². The van der Waals surface area contributed by atoms with Gasteiger partial charge in [0.05, 0.1) is 32.0 Å². The van der Waals surface area contributed by atoms with Crippen LogP contribution in [0.3, 0.4) is 0 Å². The van der Waals surface area contributed by atoms with Crippen LogP contribution in [0.2, 0.25) is 0 Å². The van der Waals surface area contributed by atoms with Gasteiger partial charge in [-0.15, -0.1) is 0 Å². The number of nitrogens with one attached hydrogen (secondary N) is 1. The highest BCUT2D eigenvalue weighted by atomic mass is 16.7. The Hall–Kier alpha value is -2.38. The maximum Gasteiger partial charge on any atom is 0.305 e. The van der Waals surface area contributed by atoms with Crippen molar-refractivity contribution in [3.63, 3.8) is 0 Å². The molecule has 0 aliphatic carbocycles. The van der Waals surface area contributed by atoms with Crippen molar-refractivity contribution in [2.45, 2.75) is 307 Å². The number of unbranched alkanes of at least 4 members (excludes halogenated alkanes) is 31. The van der Waals surface area contributed by atoms with E-state index in [0.29, 0.717) is 19.4 Å². The molecule has 1 amide bonds. The predicted octanol–water partition coefficient (Wildman–Crippen LogP) is 13.7. The number of amides is 1. The second-order valence-corrected chi connectivity index (χ2v) is 20.7. The fraction of sp³-hybridized carbons (Fsp3) is 0.836. The Bertz CT molecular complexity index is 1340. The SMILES string of the molecule is CCCCCC/C=C\C/C=C\CCCCCCCCCC(=O)OCCCCCCCC/C=C\CCCCCCCCCC(=O)NC(COC1OC(CO)C(O)C(O)C1O)C(O)/C=C/CCCCCCCCC.